The Balaban J connectivity index is 2.03. The summed E-state index contributed by atoms with van der Waals surface area (Å²) < 4.78 is 1.76. The Bertz CT molecular complexity index is 514. The fourth-order valence-corrected chi connectivity index (χ4v) is 1.60. The van der Waals surface area contributed by atoms with Gasteiger partial charge in [-0.1, -0.05) is 0 Å². The van der Waals surface area contributed by atoms with Gasteiger partial charge in [-0.25, -0.2) is 0 Å². The first-order valence-corrected chi connectivity index (χ1v) is 5.93. The number of amides is 1. The SMILES string of the molecule is CC(NC(=O)c1ccn(C(C)C)n1)c1ccn[nH]1. The third-order valence-corrected chi connectivity index (χ3v) is 2.71. The van der Waals surface area contributed by atoms with E-state index < -0.39 is 0 Å². The fourth-order valence-electron chi connectivity index (χ4n) is 1.60. The lowest BCUT2D eigenvalue weighted by molar-refractivity contribution is 0.0933. The van der Waals surface area contributed by atoms with E-state index in [0.29, 0.717) is 5.69 Å². The highest BCUT2D eigenvalue weighted by Crippen LogP contribution is 2.09. The van der Waals surface area contributed by atoms with Gasteiger partial charge in [0.05, 0.1) is 11.7 Å². The van der Waals surface area contributed by atoms with E-state index in [1.807, 2.05) is 26.8 Å². The molecule has 0 aromatic carbocycles. The molecule has 1 unspecified atom stereocenters. The Hall–Kier alpha value is -2.11. The first-order chi connectivity index (χ1) is 8.58. The maximum Gasteiger partial charge on any atom is 0.272 e. The second-order valence-corrected chi connectivity index (χ2v) is 4.48. The summed E-state index contributed by atoms with van der Waals surface area (Å²) in [5, 5.41) is 13.8. The molecule has 2 heterocycles. The number of nitrogens with zero attached hydrogens (tertiary/aromatic N) is 3. The zero-order valence-electron chi connectivity index (χ0n) is 10.7. The molecule has 2 N–H and O–H groups in total. The van der Waals surface area contributed by atoms with E-state index >= 15 is 0 Å². The predicted octanol–water partition coefficient (Wildman–Crippen LogP) is 1.68. The van der Waals surface area contributed by atoms with Crippen LogP contribution in [0.2, 0.25) is 0 Å². The minimum Gasteiger partial charge on any atom is -0.343 e. The van der Waals surface area contributed by atoms with E-state index in [2.05, 4.69) is 20.6 Å². The van der Waals surface area contributed by atoms with Crippen molar-refractivity contribution in [2.24, 2.45) is 0 Å². The second kappa shape index (κ2) is 5.03. The van der Waals surface area contributed by atoms with Gasteiger partial charge in [0, 0.05) is 18.4 Å². The molecule has 18 heavy (non-hydrogen) atoms. The highest BCUT2D eigenvalue weighted by molar-refractivity contribution is 5.92. The molecule has 6 nitrogen and oxygen atoms in total. The van der Waals surface area contributed by atoms with Crippen LogP contribution in [0.4, 0.5) is 0 Å². The van der Waals surface area contributed by atoms with Crippen LogP contribution in [0.3, 0.4) is 0 Å². The number of aromatic nitrogens is 4. The molecule has 0 aliphatic rings. The Kier molecular flexibility index (Phi) is 3.45. The van der Waals surface area contributed by atoms with Crippen molar-refractivity contribution in [3.63, 3.8) is 0 Å². The first kappa shape index (κ1) is 12.3. The van der Waals surface area contributed by atoms with E-state index in [4.69, 9.17) is 0 Å². The highest BCUT2D eigenvalue weighted by atomic mass is 16.2. The summed E-state index contributed by atoms with van der Waals surface area (Å²) in [4.78, 5) is 12.0. The average Bonchev–Trinajstić information content (AvgIpc) is 3.00. The number of rotatable bonds is 4. The molecule has 96 valence electrons. The fraction of sp³-hybridized carbons (Fsp3) is 0.417. The Labute approximate surface area is 105 Å². The summed E-state index contributed by atoms with van der Waals surface area (Å²) in [5.41, 5.74) is 1.29. The highest BCUT2D eigenvalue weighted by Gasteiger charge is 2.15. The molecule has 1 atom stereocenters. The van der Waals surface area contributed by atoms with Gasteiger partial charge in [0.25, 0.3) is 5.91 Å². The lowest BCUT2D eigenvalue weighted by atomic mass is 10.2. The Morgan fingerprint density at radius 1 is 1.39 bits per heavy atom. The number of aromatic amines is 1. The molecule has 1 amide bonds. The van der Waals surface area contributed by atoms with Gasteiger partial charge in [-0.15, -0.1) is 0 Å². The van der Waals surface area contributed by atoms with Crippen molar-refractivity contribution in [2.75, 3.05) is 0 Å². The summed E-state index contributed by atoms with van der Waals surface area (Å²) >= 11 is 0. The molecule has 0 bridgehead atoms. The molecule has 2 rings (SSSR count). The second-order valence-electron chi connectivity index (χ2n) is 4.48. The normalized spacial score (nSPS) is 12.7. The third kappa shape index (κ3) is 2.58. The monoisotopic (exact) mass is 247 g/mol. The number of hydrogen-bond acceptors (Lipinski definition) is 3. The quantitative estimate of drug-likeness (QED) is 0.863. The molecule has 6 heteroatoms. The van der Waals surface area contributed by atoms with Crippen LogP contribution in [0.5, 0.6) is 0 Å². The van der Waals surface area contributed by atoms with Crippen molar-refractivity contribution >= 4 is 5.91 Å². The standard InChI is InChI=1S/C12H17N5O/c1-8(2)17-7-5-11(16-17)12(18)14-9(3)10-4-6-13-15-10/h4-9H,1-3H3,(H,13,15)(H,14,18). The van der Waals surface area contributed by atoms with Gasteiger partial charge in [0.15, 0.2) is 0 Å². The number of carbonyl (C=O) groups is 1. The molecule has 0 aliphatic heterocycles. The number of carbonyl (C=O) groups excluding carboxylic acids is 1. The van der Waals surface area contributed by atoms with E-state index in [1.165, 1.54) is 0 Å². The molecule has 0 radical (unpaired) electrons. The van der Waals surface area contributed by atoms with Crippen molar-refractivity contribution < 1.29 is 4.79 Å². The van der Waals surface area contributed by atoms with Gasteiger partial charge in [-0.2, -0.15) is 10.2 Å². The minimum absolute atomic E-state index is 0.121. The summed E-state index contributed by atoms with van der Waals surface area (Å²) in [5.74, 6) is -0.184. The lowest BCUT2D eigenvalue weighted by Gasteiger charge is -2.10. The maximum atomic E-state index is 12.0. The van der Waals surface area contributed by atoms with Gasteiger partial charge in [0.2, 0.25) is 0 Å². The van der Waals surface area contributed by atoms with Crippen molar-refractivity contribution in [1.82, 2.24) is 25.3 Å². The number of hydrogen-bond donors (Lipinski definition) is 2. The zero-order chi connectivity index (χ0) is 13.1. The first-order valence-electron chi connectivity index (χ1n) is 5.93. The predicted molar refractivity (Wildman–Crippen MR) is 67.1 cm³/mol. The molecule has 0 spiro atoms. The van der Waals surface area contributed by atoms with Crippen LogP contribution >= 0.6 is 0 Å². The summed E-state index contributed by atoms with van der Waals surface area (Å²) in [6.07, 6.45) is 3.46. The van der Waals surface area contributed by atoms with Gasteiger partial charge >= 0.3 is 0 Å². The summed E-state index contributed by atoms with van der Waals surface area (Å²) in [6, 6.07) is 3.67. The van der Waals surface area contributed by atoms with Crippen LogP contribution in [0.1, 0.15) is 49.0 Å². The van der Waals surface area contributed by atoms with Gasteiger partial charge in [-0.3, -0.25) is 14.6 Å². The maximum absolute atomic E-state index is 12.0. The number of H-pyrrole nitrogens is 1. The van der Waals surface area contributed by atoms with Crippen LogP contribution in [-0.4, -0.2) is 25.9 Å². The lowest BCUT2D eigenvalue weighted by Crippen LogP contribution is -2.27. The van der Waals surface area contributed by atoms with Crippen molar-refractivity contribution in [3.05, 3.63) is 35.9 Å². The summed E-state index contributed by atoms with van der Waals surface area (Å²) in [7, 11) is 0. The van der Waals surface area contributed by atoms with Gasteiger partial charge in [-0.05, 0) is 32.9 Å². The van der Waals surface area contributed by atoms with Crippen LogP contribution in [0.25, 0.3) is 0 Å². The largest absolute Gasteiger partial charge is 0.343 e. The third-order valence-electron chi connectivity index (χ3n) is 2.71. The minimum atomic E-state index is -0.184. The molecular formula is C12H17N5O. The Morgan fingerprint density at radius 2 is 2.17 bits per heavy atom. The van der Waals surface area contributed by atoms with E-state index in [0.717, 1.165) is 5.69 Å². The zero-order valence-corrected chi connectivity index (χ0v) is 10.7. The van der Waals surface area contributed by atoms with E-state index in [-0.39, 0.29) is 18.0 Å². The molecule has 0 aliphatic carbocycles. The Morgan fingerprint density at radius 3 is 2.72 bits per heavy atom. The van der Waals surface area contributed by atoms with Crippen LogP contribution in [0.15, 0.2) is 24.5 Å². The van der Waals surface area contributed by atoms with Crippen molar-refractivity contribution in [2.45, 2.75) is 32.9 Å². The van der Waals surface area contributed by atoms with E-state index in [9.17, 15) is 4.79 Å². The van der Waals surface area contributed by atoms with E-state index in [1.54, 1.807) is 23.1 Å². The smallest absolute Gasteiger partial charge is 0.272 e. The average molecular weight is 247 g/mol. The molecular weight excluding hydrogens is 230 g/mol. The van der Waals surface area contributed by atoms with Gasteiger partial charge < -0.3 is 5.32 Å². The molecule has 0 saturated carbocycles. The topological polar surface area (TPSA) is 75.6 Å². The van der Waals surface area contributed by atoms with Gasteiger partial charge in [0.1, 0.15) is 5.69 Å². The van der Waals surface area contributed by atoms with Crippen molar-refractivity contribution in [3.8, 4) is 0 Å². The summed E-state index contributed by atoms with van der Waals surface area (Å²) in [6.45, 7) is 5.93. The molecule has 2 aromatic heterocycles. The van der Waals surface area contributed by atoms with Crippen LogP contribution in [0, 0.1) is 0 Å². The molecule has 0 saturated heterocycles. The van der Waals surface area contributed by atoms with Crippen molar-refractivity contribution in [1.29, 1.82) is 0 Å². The van der Waals surface area contributed by atoms with Crippen LogP contribution < -0.4 is 5.32 Å². The number of nitrogens with one attached hydrogen (secondary N) is 2. The molecule has 2 aromatic rings. The van der Waals surface area contributed by atoms with Crippen LogP contribution in [-0.2, 0) is 0 Å². The molecule has 0 fully saturated rings.